The van der Waals surface area contributed by atoms with Gasteiger partial charge < -0.3 is 29.2 Å². The molecule has 158 valence electrons. The van der Waals surface area contributed by atoms with E-state index in [0.29, 0.717) is 31.8 Å². The Morgan fingerprint density at radius 3 is 2.48 bits per heavy atom. The minimum absolute atomic E-state index is 0.0225. The third-order valence-electron chi connectivity index (χ3n) is 4.43. The van der Waals surface area contributed by atoms with Gasteiger partial charge in [0.15, 0.2) is 11.2 Å². The van der Waals surface area contributed by atoms with Gasteiger partial charge in [-0.05, 0) is 6.42 Å². The number of nitrogens with two attached hydrogens (primary N) is 1. The third kappa shape index (κ3) is 5.09. The van der Waals surface area contributed by atoms with Gasteiger partial charge >= 0.3 is 11.9 Å². The smallest absolute Gasteiger partial charge is 0.302 e. The maximum atomic E-state index is 11.8. The Hall–Kier alpha value is -2.99. The summed E-state index contributed by atoms with van der Waals surface area (Å²) in [6.45, 7) is 3.32. The van der Waals surface area contributed by atoms with E-state index < -0.39 is 23.3 Å². The second kappa shape index (κ2) is 8.57. The Labute approximate surface area is 165 Å². The average molecular weight is 409 g/mol. The van der Waals surface area contributed by atoms with E-state index in [4.69, 9.17) is 24.7 Å². The van der Waals surface area contributed by atoms with E-state index in [-0.39, 0.29) is 30.6 Å². The lowest BCUT2D eigenvalue weighted by Gasteiger charge is -2.38. The Bertz CT molecular complexity index is 925. The molecule has 12 nitrogen and oxygen atoms in total. The number of aromatic amines is 1. The molecule has 0 aromatic carbocycles. The fraction of sp³-hybridized carbons (Fsp3) is 0.588. The van der Waals surface area contributed by atoms with Crippen LogP contribution in [0.3, 0.4) is 0 Å². The predicted molar refractivity (Wildman–Crippen MR) is 98.6 cm³/mol. The summed E-state index contributed by atoms with van der Waals surface area (Å²) in [4.78, 5) is 44.7. The van der Waals surface area contributed by atoms with E-state index in [1.807, 2.05) is 0 Å². The first-order chi connectivity index (χ1) is 13.8. The fourth-order valence-electron chi connectivity index (χ4n) is 2.88. The lowest BCUT2D eigenvalue weighted by molar-refractivity contribution is -0.312. The molecular formula is C17H23N5O7. The van der Waals surface area contributed by atoms with Crippen molar-refractivity contribution in [3.8, 4) is 0 Å². The quantitative estimate of drug-likeness (QED) is 0.574. The van der Waals surface area contributed by atoms with E-state index in [1.54, 1.807) is 4.57 Å². The second-order valence-electron chi connectivity index (χ2n) is 6.81. The number of nitrogens with one attached hydrogen (secondary N) is 1. The molecule has 0 aliphatic carbocycles. The van der Waals surface area contributed by atoms with Crippen LogP contribution in [-0.4, -0.2) is 63.7 Å². The van der Waals surface area contributed by atoms with Gasteiger partial charge in [0, 0.05) is 26.3 Å². The van der Waals surface area contributed by atoms with E-state index in [9.17, 15) is 14.4 Å². The molecule has 3 rings (SSSR count). The van der Waals surface area contributed by atoms with Crippen LogP contribution in [0.4, 0.5) is 5.95 Å². The number of nitrogen functional groups attached to an aromatic ring is 1. The SMILES string of the molecule is CC(=O)OCC1(COC(C)=O)OCC(CCn2cnc3c(=O)[nH]c(N)nc32)CO1. The molecule has 2 aromatic rings. The van der Waals surface area contributed by atoms with Crippen molar-refractivity contribution in [1.82, 2.24) is 19.5 Å². The number of hydrogen-bond acceptors (Lipinski definition) is 10. The van der Waals surface area contributed by atoms with Crippen LogP contribution in [0.1, 0.15) is 20.3 Å². The molecule has 3 heterocycles. The van der Waals surface area contributed by atoms with Crippen molar-refractivity contribution in [1.29, 1.82) is 0 Å². The summed E-state index contributed by atoms with van der Waals surface area (Å²) in [6.07, 6.45) is 2.18. The van der Waals surface area contributed by atoms with Crippen LogP contribution in [0.25, 0.3) is 11.2 Å². The molecule has 12 heteroatoms. The number of imidazole rings is 1. The zero-order chi connectivity index (χ0) is 21.0. The van der Waals surface area contributed by atoms with Crippen LogP contribution in [0.15, 0.2) is 11.1 Å². The Morgan fingerprint density at radius 2 is 1.90 bits per heavy atom. The summed E-state index contributed by atoms with van der Waals surface area (Å²) >= 11 is 0. The van der Waals surface area contributed by atoms with Gasteiger partial charge in [-0.2, -0.15) is 4.98 Å². The monoisotopic (exact) mass is 409 g/mol. The van der Waals surface area contributed by atoms with Gasteiger partial charge in [0.2, 0.25) is 11.7 Å². The van der Waals surface area contributed by atoms with Gasteiger partial charge in [-0.3, -0.25) is 19.4 Å². The number of aromatic nitrogens is 4. The van der Waals surface area contributed by atoms with Gasteiger partial charge in [-0.15, -0.1) is 0 Å². The average Bonchev–Trinajstić information content (AvgIpc) is 3.07. The number of fused-ring (bicyclic) bond motifs is 1. The summed E-state index contributed by atoms with van der Waals surface area (Å²) in [6, 6.07) is 0. The van der Waals surface area contributed by atoms with Crippen LogP contribution in [0.2, 0.25) is 0 Å². The van der Waals surface area contributed by atoms with Crippen molar-refractivity contribution in [3.05, 3.63) is 16.7 Å². The first-order valence-corrected chi connectivity index (χ1v) is 9.03. The number of hydrogen-bond donors (Lipinski definition) is 2. The topological polar surface area (TPSA) is 161 Å². The zero-order valence-corrected chi connectivity index (χ0v) is 16.2. The molecule has 1 aliphatic rings. The number of anilines is 1. The predicted octanol–water partition coefficient (Wildman–Crippen LogP) is -0.423. The molecule has 0 unspecified atom stereocenters. The van der Waals surface area contributed by atoms with Crippen LogP contribution in [0, 0.1) is 5.92 Å². The van der Waals surface area contributed by atoms with Crippen LogP contribution in [0.5, 0.6) is 0 Å². The molecular weight excluding hydrogens is 386 g/mol. The fourth-order valence-corrected chi connectivity index (χ4v) is 2.88. The van der Waals surface area contributed by atoms with Gasteiger partial charge in [0.1, 0.15) is 13.2 Å². The molecule has 0 radical (unpaired) electrons. The molecule has 0 bridgehead atoms. The second-order valence-corrected chi connectivity index (χ2v) is 6.81. The van der Waals surface area contributed by atoms with Gasteiger partial charge in [0.05, 0.1) is 19.5 Å². The molecule has 1 saturated heterocycles. The van der Waals surface area contributed by atoms with Crippen LogP contribution < -0.4 is 11.3 Å². The highest BCUT2D eigenvalue weighted by Crippen LogP contribution is 2.25. The molecule has 29 heavy (non-hydrogen) atoms. The summed E-state index contributed by atoms with van der Waals surface area (Å²) < 4.78 is 23.3. The van der Waals surface area contributed by atoms with Crippen LogP contribution >= 0.6 is 0 Å². The van der Waals surface area contributed by atoms with Gasteiger partial charge in [-0.1, -0.05) is 0 Å². The summed E-state index contributed by atoms with van der Waals surface area (Å²) in [5.74, 6) is -2.26. The summed E-state index contributed by atoms with van der Waals surface area (Å²) in [5, 5.41) is 0. The van der Waals surface area contributed by atoms with Crippen LogP contribution in [-0.2, 0) is 35.1 Å². The van der Waals surface area contributed by atoms with Gasteiger partial charge in [0.25, 0.3) is 5.56 Å². The lowest BCUT2D eigenvalue weighted by atomic mass is 10.1. The number of rotatable bonds is 7. The highest BCUT2D eigenvalue weighted by molar-refractivity contribution is 5.70. The van der Waals surface area contributed by atoms with E-state index in [2.05, 4.69) is 15.0 Å². The highest BCUT2D eigenvalue weighted by Gasteiger charge is 2.40. The van der Waals surface area contributed by atoms with Crippen molar-refractivity contribution < 1.29 is 28.5 Å². The molecule has 3 N–H and O–H groups in total. The summed E-state index contributed by atoms with van der Waals surface area (Å²) in [5.41, 5.74) is 5.83. The van der Waals surface area contributed by atoms with Gasteiger partial charge in [-0.25, -0.2) is 4.98 Å². The van der Waals surface area contributed by atoms with Crippen molar-refractivity contribution in [2.75, 3.05) is 32.2 Å². The first kappa shape index (κ1) is 20.7. The number of esters is 2. The first-order valence-electron chi connectivity index (χ1n) is 9.03. The van der Waals surface area contributed by atoms with Crippen molar-refractivity contribution in [3.63, 3.8) is 0 Å². The maximum absolute atomic E-state index is 11.8. The number of nitrogens with zero attached hydrogens (tertiary/aromatic N) is 3. The molecule has 1 fully saturated rings. The van der Waals surface area contributed by atoms with Crippen molar-refractivity contribution in [2.45, 2.75) is 32.6 Å². The molecule has 0 amide bonds. The third-order valence-corrected chi connectivity index (χ3v) is 4.43. The standard InChI is InChI=1S/C17H23N5O7/c1-10(23)26-7-17(8-27-11(2)24)28-5-12(6-29-17)3-4-22-9-19-13-14(22)20-16(18)21-15(13)25/h9,12H,3-8H2,1-2H3,(H3,18,20,21,25). The lowest BCUT2D eigenvalue weighted by Crippen LogP contribution is -2.51. The molecule has 1 aliphatic heterocycles. The molecule has 2 aromatic heterocycles. The number of aryl methyl sites for hydroxylation is 1. The normalized spacial score (nSPS) is 16.6. The minimum Gasteiger partial charge on any atom is -0.460 e. The largest absolute Gasteiger partial charge is 0.460 e. The van der Waals surface area contributed by atoms with Crippen molar-refractivity contribution >= 4 is 29.1 Å². The molecule has 0 saturated carbocycles. The van der Waals surface area contributed by atoms with E-state index >= 15 is 0 Å². The minimum atomic E-state index is -1.32. The van der Waals surface area contributed by atoms with Crippen molar-refractivity contribution in [2.24, 2.45) is 5.92 Å². The van der Waals surface area contributed by atoms with E-state index in [1.165, 1.54) is 20.2 Å². The molecule has 0 spiro atoms. The highest BCUT2D eigenvalue weighted by atomic mass is 16.7. The Kier molecular flexibility index (Phi) is 6.13. The zero-order valence-electron chi connectivity index (χ0n) is 16.2. The Morgan fingerprint density at radius 1 is 1.28 bits per heavy atom. The van der Waals surface area contributed by atoms with E-state index in [0.717, 1.165) is 0 Å². The Balaban J connectivity index is 1.60. The summed E-state index contributed by atoms with van der Waals surface area (Å²) in [7, 11) is 0. The molecule has 0 atom stereocenters. The number of carbonyl (C=O) groups is 2. The number of ether oxygens (including phenoxy) is 4. The number of H-pyrrole nitrogens is 1. The number of carbonyl (C=O) groups excluding carboxylic acids is 2. The maximum Gasteiger partial charge on any atom is 0.302 e.